The summed E-state index contributed by atoms with van der Waals surface area (Å²) in [4.78, 5) is 0. The normalized spacial score (nSPS) is 11.4. The van der Waals surface area contributed by atoms with E-state index in [2.05, 4.69) is 38.1 Å². The summed E-state index contributed by atoms with van der Waals surface area (Å²) in [6, 6.07) is 16.4. The second kappa shape index (κ2) is 10.2. The molecule has 0 aliphatic heterocycles. The first-order valence-electron chi connectivity index (χ1n) is 9.32. The Kier molecular flexibility index (Phi) is 7.95. The molecule has 0 bridgehead atoms. The van der Waals surface area contributed by atoms with E-state index in [4.69, 9.17) is 19.7 Å². The lowest BCUT2D eigenvalue weighted by Gasteiger charge is -2.30. The van der Waals surface area contributed by atoms with Crippen LogP contribution >= 0.6 is 0 Å². The summed E-state index contributed by atoms with van der Waals surface area (Å²) in [6.07, 6.45) is 2.25. The van der Waals surface area contributed by atoms with Crippen LogP contribution in [0.5, 0.6) is 11.5 Å². The van der Waals surface area contributed by atoms with E-state index < -0.39 is 0 Å². The molecule has 0 amide bonds. The molecule has 4 heteroatoms. The van der Waals surface area contributed by atoms with Gasteiger partial charge in [-0.15, -0.1) is 0 Å². The molecule has 2 N–H and O–H groups in total. The Hall–Kier alpha value is -2.04. The zero-order chi connectivity index (χ0) is 18.8. The molecule has 0 unspecified atom stereocenters. The van der Waals surface area contributed by atoms with E-state index in [1.165, 1.54) is 11.1 Å². The number of aliphatic hydroxyl groups excluding tert-OH is 2. The van der Waals surface area contributed by atoms with Crippen molar-refractivity contribution in [2.75, 3.05) is 26.4 Å². The van der Waals surface area contributed by atoms with Crippen molar-refractivity contribution in [3.8, 4) is 11.5 Å². The van der Waals surface area contributed by atoms with Crippen LogP contribution in [0.25, 0.3) is 0 Å². The first-order valence-corrected chi connectivity index (χ1v) is 9.32. The molecule has 26 heavy (non-hydrogen) atoms. The third-order valence-corrected chi connectivity index (χ3v) is 4.83. The highest BCUT2D eigenvalue weighted by Crippen LogP contribution is 2.36. The molecule has 0 aliphatic carbocycles. The quantitative estimate of drug-likeness (QED) is 0.598. The summed E-state index contributed by atoms with van der Waals surface area (Å²) < 4.78 is 11.2. The SMILES string of the molecule is CCC(C)(c1ccc(OCCCO)cc1)c1ccc(OCCCO)cc1. The number of ether oxygens (including phenoxy) is 2. The molecule has 0 saturated carbocycles. The lowest BCUT2D eigenvalue weighted by atomic mass is 9.74. The number of benzene rings is 2. The monoisotopic (exact) mass is 358 g/mol. The van der Waals surface area contributed by atoms with Crippen molar-refractivity contribution >= 4 is 0 Å². The highest BCUT2D eigenvalue weighted by molar-refractivity contribution is 5.42. The Bertz CT molecular complexity index is 581. The van der Waals surface area contributed by atoms with Crippen molar-refractivity contribution in [1.82, 2.24) is 0 Å². The van der Waals surface area contributed by atoms with Gasteiger partial charge in [-0.25, -0.2) is 0 Å². The van der Waals surface area contributed by atoms with Crippen LogP contribution in [-0.2, 0) is 5.41 Å². The van der Waals surface area contributed by atoms with Gasteiger partial charge in [-0.3, -0.25) is 0 Å². The Labute approximate surface area is 156 Å². The van der Waals surface area contributed by atoms with Crippen LogP contribution in [0, 0.1) is 0 Å². The fourth-order valence-electron chi connectivity index (χ4n) is 2.92. The summed E-state index contributed by atoms with van der Waals surface area (Å²) in [7, 11) is 0. The van der Waals surface area contributed by atoms with Crippen LogP contribution in [0.15, 0.2) is 48.5 Å². The summed E-state index contributed by atoms with van der Waals surface area (Å²) in [5.41, 5.74) is 2.39. The number of rotatable bonds is 11. The van der Waals surface area contributed by atoms with Crippen LogP contribution in [-0.4, -0.2) is 36.6 Å². The zero-order valence-electron chi connectivity index (χ0n) is 15.8. The van der Waals surface area contributed by atoms with Crippen LogP contribution in [0.1, 0.15) is 44.2 Å². The predicted molar refractivity (Wildman–Crippen MR) is 104 cm³/mol. The third kappa shape index (κ3) is 5.23. The van der Waals surface area contributed by atoms with Gasteiger partial charge in [0, 0.05) is 31.5 Å². The topological polar surface area (TPSA) is 58.9 Å². The molecule has 0 saturated heterocycles. The molecular weight excluding hydrogens is 328 g/mol. The molecule has 0 heterocycles. The average Bonchev–Trinajstić information content (AvgIpc) is 2.69. The third-order valence-electron chi connectivity index (χ3n) is 4.83. The van der Waals surface area contributed by atoms with E-state index in [1.807, 2.05) is 24.3 Å². The minimum Gasteiger partial charge on any atom is -0.494 e. The molecular formula is C22H30O4. The molecule has 0 atom stereocenters. The largest absolute Gasteiger partial charge is 0.494 e. The highest BCUT2D eigenvalue weighted by atomic mass is 16.5. The summed E-state index contributed by atoms with van der Waals surface area (Å²) >= 11 is 0. The fraction of sp³-hybridized carbons (Fsp3) is 0.455. The van der Waals surface area contributed by atoms with E-state index in [0.717, 1.165) is 17.9 Å². The minimum absolute atomic E-state index is 0.0900. The highest BCUT2D eigenvalue weighted by Gasteiger charge is 2.26. The molecule has 4 nitrogen and oxygen atoms in total. The van der Waals surface area contributed by atoms with Gasteiger partial charge in [0.05, 0.1) is 13.2 Å². The molecule has 2 aromatic carbocycles. The second-order valence-corrected chi connectivity index (χ2v) is 6.59. The second-order valence-electron chi connectivity index (χ2n) is 6.59. The van der Waals surface area contributed by atoms with Gasteiger partial charge in [0.2, 0.25) is 0 Å². The van der Waals surface area contributed by atoms with Gasteiger partial charge < -0.3 is 19.7 Å². The molecule has 0 fully saturated rings. The average molecular weight is 358 g/mol. The van der Waals surface area contributed by atoms with Gasteiger partial charge in [0.25, 0.3) is 0 Å². The van der Waals surface area contributed by atoms with Gasteiger partial charge >= 0.3 is 0 Å². The Morgan fingerprint density at radius 3 is 1.42 bits per heavy atom. The maximum atomic E-state index is 8.83. The van der Waals surface area contributed by atoms with Crippen LogP contribution in [0.4, 0.5) is 0 Å². The first-order chi connectivity index (χ1) is 12.6. The number of aliphatic hydroxyl groups is 2. The summed E-state index contributed by atoms with van der Waals surface area (Å²) in [5, 5.41) is 17.7. The molecule has 2 rings (SSSR count). The predicted octanol–water partition coefficient (Wildman–Crippen LogP) is 3.93. The standard InChI is InChI=1S/C22H30O4/c1-3-22(2,18-6-10-20(11-7-18)25-16-4-14-23)19-8-12-21(13-9-19)26-17-5-15-24/h6-13,23-24H,3-5,14-17H2,1-2H3. The lowest BCUT2D eigenvalue weighted by Crippen LogP contribution is -2.22. The van der Waals surface area contributed by atoms with Crippen molar-refractivity contribution in [3.63, 3.8) is 0 Å². The minimum atomic E-state index is -0.0900. The van der Waals surface area contributed by atoms with Crippen LogP contribution < -0.4 is 9.47 Å². The molecule has 2 aromatic rings. The van der Waals surface area contributed by atoms with E-state index in [0.29, 0.717) is 26.1 Å². The van der Waals surface area contributed by atoms with Gasteiger partial charge in [-0.1, -0.05) is 38.1 Å². The van der Waals surface area contributed by atoms with Crippen LogP contribution in [0.2, 0.25) is 0 Å². The maximum absolute atomic E-state index is 8.83. The first kappa shape index (κ1) is 20.3. The number of hydrogen-bond acceptors (Lipinski definition) is 4. The van der Waals surface area contributed by atoms with Crippen molar-refractivity contribution in [2.24, 2.45) is 0 Å². The van der Waals surface area contributed by atoms with E-state index >= 15 is 0 Å². The summed E-state index contributed by atoms with van der Waals surface area (Å²) in [5.74, 6) is 1.65. The van der Waals surface area contributed by atoms with Gasteiger partial charge in [-0.05, 0) is 41.8 Å². The fourth-order valence-corrected chi connectivity index (χ4v) is 2.92. The van der Waals surface area contributed by atoms with E-state index in [-0.39, 0.29) is 18.6 Å². The lowest BCUT2D eigenvalue weighted by molar-refractivity contribution is 0.233. The molecule has 0 radical (unpaired) electrons. The molecule has 142 valence electrons. The van der Waals surface area contributed by atoms with E-state index in [9.17, 15) is 0 Å². The smallest absolute Gasteiger partial charge is 0.119 e. The maximum Gasteiger partial charge on any atom is 0.119 e. The van der Waals surface area contributed by atoms with Gasteiger partial charge in [0.15, 0.2) is 0 Å². The van der Waals surface area contributed by atoms with Gasteiger partial charge in [-0.2, -0.15) is 0 Å². The Morgan fingerprint density at radius 1 is 0.731 bits per heavy atom. The van der Waals surface area contributed by atoms with Crippen LogP contribution in [0.3, 0.4) is 0 Å². The molecule has 0 aromatic heterocycles. The Balaban J connectivity index is 2.11. The van der Waals surface area contributed by atoms with Crippen molar-refractivity contribution < 1.29 is 19.7 Å². The summed E-state index contributed by atoms with van der Waals surface area (Å²) in [6.45, 7) is 5.78. The van der Waals surface area contributed by atoms with E-state index in [1.54, 1.807) is 0 Å². The zero-order valence-corrected chi connectivity index (χ0v) is 15.8. The molecule has 0 spiro atoms. The molecule has 0 aliphatic rings. The number of hydrogen-bond donors (Lipinski definition) is 2. The van der Waals surface area contributed by atoms with Crippen molar-refractivity contribution in [3.05, 3.63) is 59.7 Å². The Morgan fingerprint density at radius 2 is 1.12 bits per heavy atom. The van der Waals surface area contributed by atoms with Crippen molar-refractivity contribution in [2.45, 2.75) is 38.5 Å². The van der Waals surface area contributed by atoms with Crippen molar-refractivity contribution in [1.29, 1.82) is 0 Å². The van der Waals surface area contributed by atoms with Gasteiger partial charge in [0.1, 0.15) is 11.5 Å².